The second kappa shape index (κ2) is 4.94. The molecule has 1 aromatic heterocycles. The van der Waals surface area contributed by atoms with Crippen molar-refractivity contribution in [3.8, 4) is 0 Å². The first-order valence-corrected chi connectivity index (χ1v) is 5.12. The average molecular weight is 222 g/mol. The Morgan fingerprint density at radius 1 is 1.50 bits per heavy atom. The lowest BCUT2D eigenvalue weighted by Crippen LogP contribution is -2.31. The monoisotopic (exact) mass is 222 g/mol. The summed E-state index contributed by atoms with van der Waals surface area (Å²) in [5.74, 6) is -0.363. The Bertz CT molecular complexity index is 403. The van der Waals surface area contributed by atoms with Crippen LogP contribution < -0.4 is 16.4 Å². The van der Waals surface area contributed by atoms with Crippen LogP contribution in [0.15, 0.2) is 6.07 Å². The van der Waals surface area contributed by atoms with Crippen molar-refractivity contribution in [2.24, 2.45) is 11.5 Å². The number of hydrogen-bond donors (Lipinski definition) is 2. The lowest BCUT2D eigenvalue weighted by molar-refractivity contribution is -0.116. The molecule has 0 atom stereocenters. The largest absolute Gasteiger partial charge is 0.368 e. The Morgan fingerprint density at radius 2 is 2.12 bits per heavy atom. The number of nitrogens with two attached hydrogens (primary N) is 2. The number of carbonyl (C=O) groups excluding carboxylic acids is 1. The number of anilines is 1. The summed E-state index contributed by atoms with van der Waals surface area (Å²) in [6.45, 7) is 4.40. The molecule has 5 heteroatoms. The molecule has 0 aliphatic heterocycles. The summed E-state index contributed by atoms with van der Waals surface area (Å²) in [6, 6.07) is 1.91. The van der Waals surface area contributed by atoms with Gasteiger partial charge in [-0.25, -0.2) is 0 Å². The van der Waals surface area contributed by atoms with E-state index in [0.29, 0.717) is 6.54 Å². The van der Waals surface area contributed by atoms with E-state index in [2.05, 4.69) is 4.98 Å². The third kappa shape index (κ3) is 2.70. The van der Waals surface area contributed by atoms with E-state index in [-0.39, 0.29) is 12.5 Å². The van der Waals surface area contributed by atoms with Gasteiger partial charge < -0.3 is 16.4 Å². The smallest absolute Gasteiger partial charge is 0.236 e. The SMILES string of the molecule is Cc1cc(N(C)CC(N)=O)c(CN)c(C)n1. The minimum atomic E-state index is -0.363. The zero-order chi connectivity index (χ0) is 12.3. The van der Waals surface area contributed by atoms with Gasteiger partial charge in [-0.3, -0.25) is 9.78 Å². The van der Waals surface area contributed by atoms with Crippen LogP contribution in [0.4, 0.5) is 5.69 Å². The zero-order valence-electron chi connectivity index (χ0n) is 9.95. The minimum absolute atomic E-state index is 0.176. The Balaban J connectivity index is 3.15. The number of aryl methyl sites for hydroxylation is 2. The van der Waals surface area contributed by atoms with Crippen LogP contribution in [-0.4, -0.2) is 24.5 Å². The van der Waals surface area contributed by atoms with Gasteiger partial charge in [-0.1, -0.05) is 0 Å². The van der Waals surface area contributed by atoms with E-state index in [1.807, 2.05) is 27.0 Å². The maximum atomic E-state index is 10.9. The Labute approximate surface area is 95.4 Å². The molecule has 0 saturated carbocycles. The Kier molecular flexibility index (Phi) is 3.84. The normalized spacial score (nSPS) is 10.2. The number of carbonyl (C=O) groups is 1. The fraction of sp³-hybridized carbons (Fsp3) is 0.455. The van der Waals surface area contributed by atoms with Crippen molar-refractivity contribution < 1.29 is 4.79 Å². The summed E-state index contributed by atoms with van der Waals surface area (Å²) in [7, 11) is 1.82. The molecule has 0 saturated heterocycles. The summed E-state index contributed by atoms with van der Waals surface area (Å²) >= 11 is 0. The lowest BCUT2D eigenvalue weighted by Gasteiger charge is -2.22. The number of hydrogen-bond acceptors (Lipinski definition) is 4. The van der Waals surface area contributed by atoms with Gasteiger partial charge in [-0.05, 0) is 19.9 Å². The molecule has 0 spiro atoms. The molecule has 0 unspecified atom stereocenters. The van der Waals surface area contributed by atoms with E-state index < -0.39 is 0 Å². The molecule has 0 bridgehead atoms. The van der Waals surface area contributed by atoms with Crippen molar-refractivity contribution in [1.82, 2.24) is 4.98 Å². The number of amides is 1. The van der Waals surface area contributed by atoms with Gasteiger partial charge in [0, 0.05) is 36.2 Å². The summed E-state index contributed by atoms with van der Waals surface area (Å²) in [6.07, 6.45) is 0. The van der Waals surface area contributed by atoms with Crippen LogP contribution in [0.1, 0.15) is 17.0 Å². The van der Waals surface area contributed by atoms with Gasteiger partial charge >= 0.3 is 0 Å². The lowest BCUT2D eigenvalue weighted by atomic mass is 10.1. The van der Waals surface area contributed by atoms with Crippen molar-refractivity contribution in [3.05, 3.63) is 23.0 Å². The molecule has 0 aliphatic rings. The first-order valence-electron chi connectivity index (χ1n) is 5.12. The van der Waals surface area contributed by atoms with Crippen LogP contribution >= 0.6 is 0 Å². The van der Waals surface area contributed by atoms with E-state index >= 15 is 0 Å². The highest BCUT2D eigenvalue weighted by atomic mass is 16.1. The standard InChI is InChI=1S/C11H18N4O/c1-7-4-10(15(3)6-11(13)16)9(5-12)8(2)14-7/h4H,5-6,12H2,1-3H3,(H2,13,16). The topological polar surface area (TPSA) is 85.2 Å². The van der Waals surface area contributed by atoms with Crippen molar-refractivity contribution in [2.75, 3.05) is 18.5 Å². The molecule has 5 nitrogen and oxygen atoms in total. The maximum absolute atomic E-state index is 10.9. The molecule has 1 heterocycles. The first-order chi connectivity index (χ1) is 7.45. The van der Waals surface area contributed by atoms with Gasteiger partial charge in [-0.2, -0.15) is 0 Å². The number of likely N-dealkylation sites (N-methyl/N-ethyl adjacent to an activating group) is 1. The second-order valence-electron chi connectivity index (χ2n) is 3.87. The quantitative estimate of drug-likeness (QED) is 0.755. The highest BCUT2D eigenvalue weighted by Crippen LogP contribution is 2.22. The van der Waals surface area contributed by atoms with Crippen LogP contribution in [0.25, 0.3) is 0 Å². The molecule has 88 valence electrons. The van der Waals surface area contributed by atoms with Gasteiger partial charge in [0.1, 0.15) is 0 Å². The van der Waals surface area contributed by atoms with Gasteiger partial charge in [0.15, 0.2) is 0 Å². The highest BCUT2D eigenvalue weighted by molar-refractivity contribution is 5.79. The Hall–Kier alpha value is -1.62. The fourth-order valence-corrected chi connectivity index (χ4v) is 1.75. The number of nitrogens with zero attached hydrogens (tertiary/aromatic N) is 2. The fourth-order valence-electron chi connectivity index (χ4n) is 1.75. The van der Waals surface area contributed by atoms with Crippen molar-refractivity contribution in [2.45, 2.75) is 20.4 Å². The Morgan fingerprint density at radius 3 is 2.62 bits per heavy atom. The third-order valence-electron chi connectivity index (χ3n) is 2.44. The highest BCUT2D eigenvalue weighted by Gasteiger charge is 2.12. The van der Waals surface area contributed by atoms with E-state index in [4.69, 9.17) is 11.5 Å². The molecule has 0 aromatic carbocycles. The van der Waals surface area contributed by atoms with E-state index in [9.17, 15) is 4.79 Å². The first kappa shape index (κ1) is 12.4. The molecule has 0 radical (unpaired) electrons. The predicted molar refractivity (Wildman–Crippen MR) is 64.1 cm³/mol. The van der Waals surface area contributed by atoms with Crippen molar-refractivity contribution in [1.29, 1.82) is 0 Å². The van der Waals surface area contributed by atoms with Crippen molar-refractivity contribution >= 4 is 11.6 Å². The van der Waals surface area contributed by atoms with Crippen molar-refractivity contribution in [3.63, 3.8) is 0 Å². The maximum Gasteiger partial charge on any atom is 0.236 e. The van der Waals surface area contributed by atoms with Crippen LogP contribution in [0.2, 0.25) is 0 Å². The van der Waals surface area contributed by atoms with E-state index in [1.54, 1.807) is 4.90 Å². The molecule has 4 N–H and O–H groups in total. The summed E-state index contributed by atoms with van der Waals surface area (Å²) < 4.78 is 0. The van der Waals surface area contributed by atoms with Crippen LogP contribution in [0.3, 0.4) is 0 Å². The molecule has 16 heavy (non-hydrogen) atoms. The molecule has 1 rings (SSSR count). The molecule has 1 aromatic rings. The molecule has 0 aliphatic carbocycles. The van der Waals surface area contributed by atoms with Crippen LogP contribution in [0, 0.1) is 13.8 Å². The van der Waals surface area contributed by atoms with E-state index in [0.717, 1.165) is 22.6 Å². The molecular formula is C11H18N4O. The molecular weight excluding hydrogens is 204 g/mol. The molecule has 1 amide bonds. The van der Waals surface area contributed by atoms with Gasteiger partial charge in [-0.15, -0.1) is 0 Å². The number of pyridine rings is 1. The predicted octanol–water partition coefficient (Wildman–Crippen LogP) is 0.0786. The van der Waals surface area contributed by atoms with Gasteiger partial charge in [0.25, 0.3) is 0 Å². The average Bonchev–Trinajstić information content (AvgIpc) is 2.15. The third-order valence-corrected chi connectivity index (χ3v) is 2.44. The van der Waals surface area contributed by atoms with Gasteiger partial charge in [0.05, 0.1) is 6.54 Å². The number of primary amides is 1. The van der Waals surface area contributed by atoms with Crippen LogP contribution in [-0.2, 0) is 11.3 Å². The minimum Gasteiger partial charge on any atom is -0.368 e. The van der Waals surface area contributed by atoms with Gasteiger partial charge in [0.2, 0.25) is 5.91 Å². The summed E-state index contributed by atoms with van der Waals surface area (Å²) in [4.78, 5) is 17.0. The number of rotatable bonds is 4. The number of aromatic nitrogens is 1. The summed E-state index contributed by atoms with van der Waals surface area (Å²) in [5, 5.41) is 0. The molecule has 0 fully saturated rings. The zero-order valence-corrected chi connectivity index (χ0v) is 9.95. The summed E-state index contributed by atoms with van der Waals surface area (Å²) in [5.41, 5.74) is 14.5. The van der Waals surface area contributed by atoms with Crippen LogP contribution in [0.5, 0.6) is 0 Å². The second-order valence-corrected chi connectivity index (χ2v) is 3.87. The van der Waals surface area contributed by atoms with E-state index in [1.165, 1.54) is 0 Å².